The maximum atomic E-state index is 10.9. The topological polar surface area (TPSA) is 50.4 Å². The van der Waals surface area contributed by atoms with Gasteiger partial charge in [-0.2, -0.15) is 0 Å². The Morgan fingerprint density at radius 3 is 2.63 bits per heavy atom. The van der Waals surface area contributed by atoms with Crippen LogP contribution >= 0.6 is 0 Å². The quantitative estimate of drug-likeness (QED) is 0.633. The number of carbonyl (C=O) groups excluding carboxylic acids is 1. The Balaban J connectivity index is 1.85. The average Bonchev–Trinajstić information content (AvgIpc) is 2.46. The van der Waals surface area contributed by atoms with Gasteiger partial charge in [0, 0.05) is 33.2 Å². The number of hydrogen-bond donors (Lipinski definition) is 2. The molecule has 0 aliphatic heterocycles. The molecule has 4 nitrogen and oxygen atoms in total. The van der Waals surface area contributed by atoms with Crippen LogP contribution in [0.2, 0.25) is 0 Å². The van der Waals surface area contributed by atoms with E-state index >= 15 is 0 Å². The first-order valence-corrected chi connectivity index (χ1v) is 6.86. The SMILES string of the molecule is CNC(=O)CCCOCCCNCc1ccccc1. The molecule has 1 aromatic rings. The summed E-state index contributed by atoms with van der Waals surface area (Å²) >= 11 is 0. The van der Waals surface area contributed by atoms with Crippen molar-refractivity contribution in [1.82, 2.24) is 10.6 Å². The van der Waals surface area contributed by atoms with Gasteiger partial charge < -0.3 is 15.4 Å². The summed E-state index contributed by atoms with van der Waals surface area (Å²) in [5, 5.41) is 5.97. The van der Waals surface area contributed by atoms with Crippen molar-refractivity contribution in [3.63, 3.8) is 0 Å². The number of hydrogen-bond acceptors (Lipinski definition) is 3. The van der Waals surface area contributed by atoms with E-state index in [1.54, 1.807) is 7.05 Å². The van der Waals surface area contributed by atoms with Gasteiger partial charge in [-0.05, 0) is 24.9 Å². The van der Waals surface area contributed by atoms with Gasteiger partial charge in [0.15, 0.2) is 0 Å². The molecule has 19 heavy (non-hydrogen) atoms. The first-order valence-electron chi connectivity index (χ1n) is 6.86. The normalized spacial score (nSPS) is 10.4. The minimum atomic E-state index is 0.0770. The van der Waals surface area contributed by atoms with E-state index in [9.17, 15) is 4.79 Å². The summed E-state index contributed by atoms with van der Waals surface area (Å²) in [4.78, 5) is 10.9. The largest absolute Gasteiger partial charge is 0.381 e. The van der Waals surface area contributed by atoms with Gasteiger partial charge in [0.25, 0.3) is 0 Å². The lowest BCUT2D eigenvalue weighted by Crippen LogP contribution is -2.18. The van der Waals surface area contributed by atoms with Crippen LogP contribution < -0.4 is 10.6 Å². The first kappa shape index (κ1) is 15.7. The molecule has 1 rings (SSSR count). The highest BCUT2D eigenvalue weighted by molar-refractivity contribution is 5.75. The Hall–Kier alpha value is -1.39. The number of nitrogens with one attached hydrogen (secondary N) is 2. The standard InChI is InChI=1S/C15H24N2O2/c1-16-15(18)9-5-11-19-12-6-10-17-13-14-7-3-2-4-8-14/h2-4,7-8,17H,5-6,9-13H2,1H3,(H,16,18). The number of rotatable bonds is 10. The predicted octanol–water partition coefficient (Wildman–Crippen LogP) is 1.71. The molecular formula is C15H24N2O2. The zero-order chi connectivity index (χ0) is 13.8. The van der Waals surface area contributed by atoms with Crippen LogP contribution in [0.25, 0.3) is 0 Å². The Morgan fingerprint density at radius 2 is 1.89 bits per heavy atom. The molecule has 1 amide bonds. The zero-order valence-corrected chi connectivity index (χ0v) is 11.7. The van der Waals surface area contributed by atoms with Crippen molar-refractivity contribution in [1.29, 1.82) is 0 Å². The van der Waals surface area contributed by atoms with Gasteiger partial charge in [0.05, 0.1) is 0 Å². The van der Waals surface area contributed by atoms with Crippen molar-refractivity contribution < 1.29 is 9.53 Å². The average molecular weight is 264 g/mol. The molecule has 0 saturated heterocycles. The van der Waals surface area contributed by atoms with Gasteiger partial charge in [-0.25, -0.2) is 0 Å². The lowest BCUT2D eigenvalue weighted by molar-refractivity contribution is -0.120. The molecule has 4 heteroatoms. The predicted molar refractivity (Wildman–Crippen MR) is 76.9 cm³/mol. The van der Waals surface area contributed by atoms with Crippen LogP contribution in [-0.2, 0) is 16.1 Å². The molecule has 0 unspecified atom stereocenters. The Labute approximate surface area is 115 Å². The molecule has 0 spiro atoms. The van der Waals surface area contributed by atoms with Gasteiger partial charge in [0.2, 0.25) is 5.91 Å². The second-order valence-electron chi connectivity index (χ2n) is 4.41. The molecule has 0 fully saturated rings. The van der Waals surface area contributed by atoms with E-state index in [0.29, 0.717) is 13.0 Å². The third-order valence-electron chi connectivity index (χ3n) is 2.79. The van der Waals surface area contributed by atoms with E-state index in [1.165, 1.54) is 5.56 Å². The maximum Gasteiger partial charge on any atom is 0.219 e. The first-order chi connectivity index (χ1) is 9.33. The smallest absolute Gasteiger partial charge is 0.219 e. The minimum absolute atomic E-state index is 0.0770. The second-order valence-corrected chi connectivity index (χ2v) is 4.41. The summed E-state index contributed by atoms with van der Waals surface area (Å²) in [6.07, 6.45) is 2.33. The van der Waals surface area contributed by atoms with Gasteiger partial charge in [0.1, 0.15) is 0 Å². The molecule has 1 aromatic carbocycles. The van der Waals surface area contributed by atoms with Crippen molar-refractivity contribution in [2.45, 2.75) is 25.8 Å². The summed E-state index contributed by atoms with van der Waals surface area (Å²) in [7, 11) is 1.65. The summed E-state index contributed by atoms with van der Waals surface area (Å²) in [5.74, 6) is 0.0770. The Bertz CT molecular complexity index is 341. The van der Waals surface area contributed by atoms with Gasteiger partial charge >= 0.3 is 0 Å². The number of carbonyl (C=O) groups is 1. The summed E-state index contributed by atoms with van der Waals surface area (Å²) in [6, 6.07) is 10.3. The molecule has 0 aliphatic carbocycles. The van der Waals surface area contributed by atoms with Crippen molar-refractivity contribution in [3.05, 3.63) is 35.9 Å². The van der Waals surface area contributed by atoms with Gasteiger partial charge in [-0.15, -0.1) is 0 Å². The summed E-state index contributed by atoms with van der Waals surface area (Å²) < 4.78 is 5.46. The van der Waals surface area contributed by atoms with Crippen LogP contribution in [0.5, 0.6) is 0 Å². The second kappa shape index (κ2) is 10.5. The fraction of sp³-hybridized carbons (Fsp3) is 0.533. The van der Waals surface area contributed by atoms with Crippen LogP contribution in [0, 0.1) is 0 Å². The monoisotopic (exact) mass is 264 g/mol. The highest BCUT2D eigenvalue weighted by Gasteiger charge is 1.97. The van der Waals surface area contributed by atoms with Crippen LogP contribution in [0.15, 0.2) is 30.3 Å². The fourth-order valence-corrected chi connectivity index (χ4v) is 1.69. The van der Waals surface area contributed by atoms with E-state index in [-0.39, 0.29) is 5.91 Å². The summed E-state index contributed by atoms with van der Waals surface area (Å²) in [5.41, 5.74) is 1.30. The van der Waals surface area contributed by atoms with E-state index in [2.05, 4.69) is 22.8 Å². The van der Waals surface area contributed by atoms with Crippen LogP contribution in [0.4, 0.5) is 0 Å². The van der Waals surface area contributed by atoms with Crippen LogP contribution in [0.1, 0.15) is 24.8 Å². The lowest BCUT2D eigenvalue weighted by Gasteiger charge is -2.06. The van der Waals surface area contributed by atoms with Crippen molar-refractivity contribution >= 4 is 5.91 Å². The third-order valence-corrected chi connectivity index (χ3v) is 2.79. The van der Waals surface area contributed by atoms with Crippen molar-refractivity contribution in [2.24, 2.45) is 0 Å². The molecule has 106 valence electrons. The van der Waals surface area contributed by atoms with Gasteiger partial charge in [-0.1, -0.05) is 30.3 Å². The van der Waals surface area contributed by atoms with Crippen LogP contribution in [0.3, 0.4) is 0 Å². The number of ether oxygens (including phenoxy) is 1. The highest BCUT2D eigenvalue weighted by atomic mass is 16.5. The van der Waals surface area contributed by atoms with E-state index in [1.807, 2.05) is 18.2 Å². The Kier molecular flexibility index (Phi) is 8.68. The lowest BCUT2D eigenvalue weighted by atomic mass is 10.2. The molecule has 0 aromatic heterocycles. The fourth-order valence-electron chi connectivity index (χ4n) is 1.69. The molecular weight excluding hydrogens is 240 g/mol. The Morgan fingerprint density at radius 1 is 1.16 bits per heavy atom. The number of benzene rings is 1. The number of amides is 1. The molecule has 0 aliphatic rings. The van der Waals surface area contributed by atoms with Crippen molar-refractivity contribution in [2.75, 3.05) is 26.8 Å². The molecule has 0 atom stereocenters. The summed E-state index contributed by atoms with van der Waals surface area (Å²) in [6.45, 7) is 3.25. The van der Waals surface area contributed by atoms with E-state index in [4.69, 9.17) is 4.74 Å². The third kappa shape index (κ3) is 8.35. The van der Waals surface area contributed by atoms with Crippen LogP contribution in [-0.4, -0.2) is 32.7 Å². The van der Waals surface area contributed by atoms with E-state index < -0.39 is 0 Å². The zero-order valence-electron chi connectivity index (χ0n) is 11.7. The maximum absolute atomic E-state index is 10.9. The molecule has 0 bridgehead atoms. The molecule has 0 saturated carbocycles. The minimum Gasteiger partial charge on any atom is -0.381 e. The van der Waals surface area contributed by atoms with E-state index in [0.717, 1.165) is 32.5 Å². The van der Waals surface area contributed by atoms with Crippen molar-refractivity contribution in [3.8, 4) is 0 Å². The highest BCUT2D eigenvalue weighted by Crippen LogP contribution is 1.97. The molecule has 0 heterocycles. The molecule has 2 N–H and O–H groups in total. The van der Waals surface area contributed by atoms with Gasteiger partial charge in [-0.3, -0.25) is 4.79 Å². The molecule has 0 radical (unpaired) electrons.